The van der Waals surface area contributed by atoms with E-state index in [0.29, 0.717) is 11.4 Å². The van der Waals surface area contributed by atoms with Crippen LogP contribution in [-0.4, -0.2) is 31.1 Å². The van der Waals surface area contributed by atoms with Gasteiger partial charge >= 0.3 is 5.97 Å². The van der Waals surface area contributed by atoms with E-state index in [-0.39, 0.29) is 17.6 Å². The van der Waals surface area contributed by atoms with Gasteiger partial charge in [-0.2, -0.15) is 0 Å². The monoisotopic (exact) mass is 418 g/mol. The molecule has 0 saturated heterocycles. The maximum atomic E-state index is 10.9. The van der Waals surface area contributed by atoms with Crippen LogP contribution >= 0.6 is 15.9 Å². The summed E-state index contributed by atoms with van der Waals surface area (Å²) in [5.74, 6) is -0.374. The SMILES string of the molecule is CC(C)(C)Cn1nnc2c(Br)c(OCc3ccc(C(=O)O)cn3)ccc21. The summed E-state index contributed by atoms with van der Waals surface area (Å²) in [4.78, 5) is 15.0. The normalized spacial score (nSPS) is 11.7. The summed E-state index contributed by atoms with van der Waals surface area (Å²) in [6, 6.07) is 6.93. The molecule has 0 saturated carbocycles. The quantitative estimate of drug-likeness (QED) is 0.675. The minimum atomic E-state index is -1.00. The summed E-state index contributed by atoms with van der Waals surface area (Å²) in [6.45, 7) is 7.43. The zero-order chi connectivity index (χ0) is 18.9. The standard InChI is InChI=1S/C18H19BrN4O3/c1-18(2,3)10-23-13-6-7-14(15(19)16(13)21-22-23)26-9-12-5-4-11(8-20-12)17(24)25/h4-8H,9-10H2,1-3H3,(H,24,25). The summed E-state index contributed by atoms with van der Waals surface area (Å²) >= 11 is 3.54. The second kappa shape index (κ2) is 7.03. The number of carbonyl (C=O) groups is 1. The van der Waals surface area contributed by atoms with E-state index in [9.17, 15) is 4.79 Å². The van der Waals surface area contributed by atoms with Crippen molar-refractivity contribution in [2.24, 2.45) is 5.41 Å². The Morgan fingerprint density at radius 2 is 2.04 bits per heavy atom. The van der Waals surface area contributed by atoms with Crippen molar-refractivity contribution < 1.29 is 14.6 Å². The maximum Gasteiger partial charge on any atom is 0.337 e. The van der Waals surface area contributed by atoms with Gasteiger partial charge in [0, 0.05) is 12.7 Å². The van der Waals surface area contributed by atoms with Gasteiger partial charge in [-0.1, -0.05) is 26.0 Å². The maximum absolute atomic E-state index is 10.9. The fourth-order valence-electron chi connectivity index (χ4n) is 2.45. The number of pyridine rings is 1. The number of ether oxygens (including phenoxy) is 1. The summed E-state index contributed by atoms with van der Waals surface area (Å²) in [6.07, 6.45) is 1.32. The van der Waals surface area contributed by atoms with E-state index in [2.05, 4.69) is 52.0 Å². The van der Waals surface area contributed by atoms with Gasteiger partial charge in [0.25, 0.3) is 0 Å². The fourth-order valence-corrected chi connectivity index (χ4v) is 2.98. The van der Waals surface area contributed by atoms with Gasteiger partial charge in [-0.05, 0) is 45.6 Å². The van der Waals surface area contributed by atoms with Crippen molar-refractivity contribution in [3.63, 3.8) is 0 Å². The second-order valence-electron chi connectivity index (χ2n) is 7.19. The Morgan fingerprint density at radius 3 is 2.65 bits per heavy atom. The molecule has 26 heavy (non-hydrogen) atoms. The molecular formula is C18H19BrN4O3. The van der Waals surface area contributed by atoms with E-state index in [4.69, 9.17) is 9.84 Å². The van der Waals surface area contributed by atoms with Crippen LogP contribution < -0.4 is 4.74 Å². The number of rotatable bonds is 5. The highest BCUT2D eigenvalue weighted by Crippen LogP contribution is 2.33. The van der Waals surface area contributed by atoms with Crippen LogP contribution in [0.1, 0.15) is 36.8 Å². The predicted molar refractivity (Wildman–Crippen MR) is 100 cm³/mol. The Kier molecular flexibility index (Phi) is 4.95. The van der Waals surface area contributed by atoms with Crippen molar-refractivity contribution in [3.05, 3.63) is 46.2 Å². The molecule has 2 aromatic heterocycles. The van der Waals surface area contributed by atoms with Gasteiger partial charge in [0.15, 0.2) is 0 Å². The summed E-state index contributed by atoms with van der Waals surface area (Å²) < 4.78 is 8.43. The molecule has 0 atom stereocenters. The van der Waals surface area contributed by atoms with Gasteiger partial charge in [0.1, 0.15) is 17.9 Å². The molecule has 1 aromatic carbocycles. The van der Waals surface area contributed by atoms with Crippen molar-refractivity contribution in [1.29, 1.82) is 0 Å². The van der Waals surface area contributed by atoms with Gasteiger partial charge < -0.3 is 9.84 Å². The summed E-state index contributed by atoms with van der Waals surface area (Å²) in [5.41, 5.74) is 2.55. The number of nitrogens with zero attached hydrogens (tertiary/aromatic N) is 4. The summed E-state index contributed by atoms with van der Waals surface area (Å²) in [7, 11) is 0. The van der Waals surface area contributed by atoms with Crippen LogP contribution in [0.15, 0.2) is 34.9 Å². The number of aromatic nitrogens is 4. The first-order valence-corrected chi connectivity index (χ1v) is 8.86. The highest BCUT2D eigenvalue weighted by Gasteiger charge is 2.17. The molecule has 7 nitrogen and oxygen atoms in total. The van der Waals surface area contributed by atoms with Gasteiger partial charge in [-0.25, -0.2) is 9.48 Å². The van der Waals surface area contributed by atoms with E-state index in [1.807, 2.05) is 16.8 Å². The van der Waals surface area contributed by atoms with Crippen molar-refractivity contribution in [2.75, 3.05) is 0 Å². The average Bonchev–Trinajstić information content (AvgIpc) is 2.96. The van der Waals surface area contributed by atoms with Crippen molar-refractivity contribution >= 4 is 32.9 Å². The number of halogens is 1. The van der Waals surface area contributed by atoms with Crippen LogP contribution in [0.5, 0.6) is 5.75 Å². The highest BCUT2D eigenvalue weighted by molar-refractivity contribution is 9.10. The predicted octanol–water partition coefficient (Wildman–Crippen LogP) is 3.91. The molecule has 0 bridgehead atoms. The molecule has 0 aliphatic carbocycles. The minimum absolute atomic E-state index is 0.0933. The largest absolute Gasteiger partial charge is 0.486 e. The lowest BCUT2D eigenvalue weighted by atomic mass is 9.97. The number of hydrogen-bond donors (Lipinski definition) is 1. The zero-order valence-corrected chi connectivity index (χ0v) is 16.3. The third-order valence-electron chi connectivity index (χ3n) is 3.66. The molecule has 0 unspecified atom stereocenters. The number of carboxylic acid groups (broad SMARTS) is 1. The Morgan fingerprint density at radius 1 is 1.27 bits per heavy atom. The van der Waals surface area contributed by atoms with Crippen LogP contribution in [0.3, 0.4) is 0 Å². The van der Waals surface area contributed by atoms with Crippen LogP contribution in [-0.2, 0) is 13.2 Å². The zero-order valence-electron chi connectivity index (χ0n) is 14.7. The lowest BCUT2D eigenvalue weighted by Crippen LogP contribution is -2.16. The molecule has 0 fully saturated rings. The Hall–Kier alpha value is -2.48. The number of fused-ring (bicyclic) bond motifs is 1. The van der Waals surface area contributed by atoms with Gasteiger partial charge in [-0.3, -0.25) is 4.98 Å². The lowest BCUT2D eigenvalue weighted by molar-refractivity contribution is 0.0696. The summed E-state index contributed by atoms with van der Waals surface area (Å²) in [5, 5.41) is 17.4. The fraction of sp³-hybridized carbons (Fsp3) is 0.333. The number of benzene rings is 1. The third-order valence-corrected chi connectivity index (χ3v) is 4.43. The highest BCUT2D eigenvalue weighted by atomic mass is 79.9. The molecule has 8 heteroatoms. The van der Waals surface area contributed by atoms with E-state index < -0.39 is 5.97 Å². The average molecular weight is 419 g/mol. The van der Waals surface area contributed by atoms with Crippen LogP contribution in [0.25, 0.3) is 11.0 Å². The molecule has 0 aliphatic heterocycles. The van der Waals surface area contributed by atoms with E-state index in [1.54, 1.807) is 6.07 Å². The Balaban J connectivity index is 1.78. The van der Waals surface area contributed by atoms with Gasteiger partial charge in [0.2, 0.25) is 0 Å². The second-order valence-corrected chi connectivity index (χ2v) is 7.98. The minimum Gasteiger partial charge on any atom is -0.486 e. The third kappa shape index (κ3) is 4.01. The molecule has 3 aromatic rings. The molecule has 0 amide bonds. The van der Waals surface area contributed by atoms with Crippen molar-refractivity contribution in [1.82, 2.24) is 20.0 Å². The van der Waals surface area contributed by atoms with Crippen molar-refractivity contribution in [3.8, 4) is 5.75 Å². The smallest absolute Gasteiger partial charge is 0.337 e. The molecule has 0 radical (unpaired) electrons. The molecule has 0 aliphatic rings. The molecule has 3 rings (SSSR count). The Labute approximate surface area is 159 Å². The van der Waals surface area contributed by atoms with Gasteiger partial charge in [-0.15, -0.1) is 5.10 Å². The first-order valence-electron chi connectivity index (χ1n) is 8.07. The van der Waals surface area contributed by atoms with Gasteiger partial charge in [0.05, 0.1) is 21.2 Å². The van der Waals surface area contributed by atoms with Crippen LogP contribution in [0.2, 0.25) is 0 Å². The number of aromatic carboxylic acids is 1. The first kappa shape index (κ1) is 18.3. The van der Waals surface area contributed by atoms with E-state index in [1.165, 1.54) is 12.3 Å². The van der Waals surface area contributed by atoms with E-state index >= 15 is 0 Å². The number of hydrogen-bond acceptors (Lipinski definition) is 5. The topological polar surface area (TPSA) is 90.1 Å². The van der Waals surface area contributed by atoms with Crippen molar-refractivity contribution in [2.45, 2.75) is 33.9 Å². The van der Waals surface area contributed by atoms with E-state index in [0.717, 1.165) is 22.1 Å². The molecule has 0 spiro atoms. The number of carboxylic acids is 1. The molecule has 1 N–H and O–H groups in total. The van der Waals surface area contributed by atoms with Crippen LogP contribution in [0.4, 0.5) is 0 Å². The first-order chi connectivity index (χ1) is 12.2. The molecule has 2 heterocycles. The molecular weight excluding hydrogens is 400 g/mol. The van der Waals surface area contributed by atoms with Crippen LogP contribution in [0, 0.1) is 5.41 Å². The molecule has 136 valence electrons. The Bertz CT molecular complexity index is 945. The lowest BCUT2D eigenvalue weighted by Gasteiger charge is -2.18.